The smallest absolute Gasteiger partial charge is 0.252 e. The highest BCUT2D eigenvalue weighted by Crippen LogP contribution is 2.24. The lowest BCUT2D eigenvalue weighted by Crippen LogP contribution is -2.34. The van der Waals surface area contributed by atoms with E-state index in [1.165, 1.54) is 0 Å². The van der Waals surface area contributed by atoms with E-state index in [1.807, 2.05) is 25.9 Å². The molecule has 0 aliphatic heterocycles. The highest BCUT2D eigenvalue weighted by atomic mass is 32.2. The normalized spacial score (nSPS) is 14.1. The van der Waals surface area contributed by atoms with Crippen LogP contribution in [-0.4, -0.2) is 45.0 Å². The van der Waals surface area contributed by atoms with E-state index in [0.29, 0.717) is 5.69 Å². The van der Waals surface area contributed by atoms with Crippen LogP contribution in [0.2, 0.25) is 0 Å². The Kier molecular flexibility index (Phi) is 5.09. The van der Waals surface area contributed by atoms with E-state index in [1.54, 1.807) is 6.92 Å². The van der Waals surface area contributed by atoms with Gasteiger partial charge in [0.2, 0.25) is 0 Å². The van der Waals surface area contributed by atoms with Gasteiger partial charge in [-0.3, -0.25) is 0 Å². The van der Waals surface area contributed by atoms with Crippen LogP contribution >= 0.6 is 11.3 Å². The maximum absolute atomic E-state index is 12.1. The van der Waals surface area contributed by atoms with E-state index in [2.05, 4.69) is 9.71 Å². The minimum Gasteiger partial charge on any atom is -0.375 e. The van der Waals surface area contributed by atoms with Crippen LogP contribution in [0.3, 0.4) is 0 Å². The molecule has 6 nitrogen and oxygen atoms in total. The molecule has 0 radical (unpaired) electrons. The van der Waals surface area contributed by atoms with Crippen molar-refractivity contribution in [2.45, 2.75) is 30.5 Å². The van der Waals surface area contributed by atoms with Gasteiger partial charge in [0.15, 0.2) is 9.34 Å². The van der Waals surface area contributed by atoms with Crippen LogP contribution in [0.25, 0.3) is 0 Å². The van der Waals surface area contributed by atoms with E-state index in [0.717, 1.165) is 24.3 Å². The summed E-state index contributed by atoms with van der Waals surface area (Å²) >= 11 is 0.993. The highest BCUT2D eigenvalue weighted by molar-refractivity contribution is 7.91. The van der Waals surface area contributed by atoms with Gasteiger partial charge < -0.3 is 10.6 Å². The van der Waals surface area contributed by atoms with Crippen LogP contribution in [0.5, 0.6) is 0 Å². The summed E-state index contributed by atoms with van der Waals surface area (Å²) in [5.74, 6) is 0. The molecule has 0 fully saturated rings. The number of nitrogens with two attached hydrogens (primary N) is 1. The van der Waals surface area contributed by atoms with Crippen LogP contribution in [0.1, 0.15) is 19.0 Å². The van der Waals surface area contributed by atoms with E-state index in [4.69, 9.17) is 5.73 Å². The average Bonchev–Trinajstić information content (AvgIpc) is 2.55. The van der Waals surface area contributed by atoms with Gasteiger partial charge in [0.1, 0.15) is 0 Å². The molecule has 1 atom stereocenters. The lowest BCUT2D eigenvalue weighted by atomic mass is 10.2. The average molecular weight is 292 g/mol. The van der Waals surface area contributed by atoms with Crippen LogP contribution in [0.15, 0.2) is 4.21 Å². The summed E-state index contributed by atoms with van der Waals surface area (Å²) in [6.45, 7) is 4.32. The Morgan fingerprint density at radius 3 is 2.56 bits per heavy atom. The largest absolute Gasteiger partial charge is 0.375 e. The maximum atomic E-state index is 12.1. The molecule has 0 aliphatic carbocycles. The molecule has 0 amide bonds. The number of hydrogen-bond donors (Lipinski definition) is 2. The zero-order valence-corrected chi connectivity index (χ0v) is 12.7. The second kappa shape index (κ2) is 5.96. The van der Waals surface area contributed by atoms with E-state index < -0.39 is 10.0 Å². The van der Waals surface area contributed by atoms with Crippen LogP contribution in [0, 0.1) is 6.92 Å². The summed E-state index contributed by atoms with van der Waals surface area (Å²) in [4.78, 5) is 5.94. The van der Waals surface area contributed by atoms with Crippen LogP contribution < -0.4 is 10.5 Å². The molecule has 0 saturated heterocycles. The number of rotatable bonds is 6. The maximum Gasteiger partial charge on any atom is 0.252 e. The number of aromatic nitrogens is 1. The number of thiazole rings is 1. The molecule has 1 aromatic rings. The zero-order chi connectivity index (χ0) is 13.9. The predicted octanol–water partition coefficient (Wildman–Crippen LogP) is 0.652. The molecule has 8 heteroatoms. The third kappa shape index (κ3) is 4.20. The highest BCUT2D eigenvalue weighted by Gasteiger charge is 2.23. The topological polar surface area (TPSA) is 88.3 Å². The molecule has 1 unspecified atom stereocenters. The number of nitrogen functional groups attached to an aromatic ring is 1. The molecule has 1 heterocycles. The van der Waals surface area contributed by atoms with Gasteiger partial charge in [-0.15, -0.1) is 0 Å². The molecular formula is C10H20N4O2S2. The van der Waals surface area contributed by atoms with Gasteiger partial charge in [0.05, 0.1) is 5.69 Å². The number of sulfonamides is 1. The summed E-state index contributed by atoms with van der Waals surface area (Å²) in [5, 5.41) is 0.272. The van der Waals surface area contributed by atoms with Gasteiger partial charge in [-0.25, -0.2) is 18.1 Å². The summed E-state index contributed by atoms with van der Waals surface area (Å²) in [6.07, 6.45) is 0.750. The number of nitrogens with zero attached hydrogens (tertiary/aromatic N) is 2. The molecule has 104 valence electrons. The Morgan fingerprint density at radius 1 is 1.50 bits per heavy atom. The first-order valence-electron chi connectivity index (χ1n) is 5.62. The second-order valence-corrected chi connectivity index (χ2v) is 7.48. The fourth-order valence-corrected chi connectivity index (χ4v) is 4.08. The first-order valence-corrected chi connectivity index (χ1v) is 7.92. The first kappa shape index (κ1) is 15.4. The molecule has 0 spiro atoms. The molecule has 1 rings (SSSR count). The summed E-state index contributed by atoms with van der Waals surface area (Å²) in [5.41, 5.74) is 5.96. The minimum absolute atomic E-state index is 0.125. The van der Waals surface area contributed by atoms with Crippen molar-refractivity contribution < 1.29 is 8.42 Å². The van der Waals surface area contributed by atoms with Crippen molar-refractivity contribution >= 4 is 26.5 Å². The van der Waals surface area contributed by atoms with Crippen molar-refractivity contribution in [2.24, 2.45) is 0 Å². The lowest BCUT2D eigenvalue weighted by Gasteiger charge is -2.16. The van der Waals surface area contributed by atoms with Crippen LogP contribution in [0.4, 0.5) is 5.13 Å². The van der Waals surface area contributed by atoms with E-state index in [-0.39, 0.29) is 15.4 Å². The van der Waals surface area contributed by atoms with E-state index in [9.17, 15) is 8.42 Å². The van der Waals surface area contributed by atoms with Crippen molar-refractivity contribution in [3.05, 3.63) is 5.69 Å². The SMILES string of the molecule is Cc1nc(N)sc1S(=O)(=O)NC(C)CCN(C)C. The number of nitrogens with one attached hydrogen (secondary N) is 1. The van der Waals surface area contributed by atoms with Gasteiger partial charge in [-0.05, 0) is 40.9 Å². The molecular weight excluding hydrogens is 272 g/mol. The van der Waals surface area contributed by atoms with Crippen molar-refractivity contribution in [3.63, 3.8) is 0 Å². The molecule has 1 aromatic heterocycles. The summed E-state index contributed by atoms with van der Waals surface area (Å²) in [6, 6.07) is -0.125. The molecule has 0 aliphatic rings. The predicted molar refractivity (Wildman–Crippen MR) is 74.2 cm³/mol. The Balaban J connectivity index is 2.73. The number of anilines is 1. The van der Waals surface area contributed by atoms with Gasteiger partial charge in [-0.2, -0.15) is 0 Å². The van der Waals surface area contributed by atoms with Gasteiger partial charge in [0.25, 0.3) is 10.0 Å². The van der Waals surface area contributed by atoms with Gasteiger partial charge in [0, 0.05) is 6.04 Å². The molecule has 3 N–H and O–H groups in total. The lowest BCUT2D eigenvalue weighted by molar-refractivity contribution is 0.379. The second-order valence-electron chi connectivity index (χ2n) is 4.54. The third-order valence-electron chi connectivity index (χ3n) is 2.38. The fourth-order valence-electron chi connectivity index (χ4n) is 1.48. The van der Waals surface area contributed by atoms with E-state index >= 15 is 0 Å². The summed E-state index contributed by atoms with van der Waals surface area (Å²) < 4.78 is 27.1. The fraction of sp³-hybridized carbons (Fsp3) is 0.700. The standard InChI is InChI=1S/C10H20N4O2S2/c1-7(5-6-14(3)4)13-18(15,16)9-8(2)12-10(11)17-9/h7,13H,5-6H2,1-4H3,(H2,11,12). The molecule has 0 bridgehead atoms. The molecule has 0 saturated carbocycles. The van der Waals surface area contributed by atoms with Gasteiger partial charge >= 0.3 is 0 Å². The molecule has 0 aromatic carbocycles. The number of hydrogen-bond acceptors (Lipinski definition) is 6. The van der Waals surface area contributed by atoms with Crippen molar-refractivity contribution in [1.82, 2.24) is 14.6 Å². The Hall–Kier alpha value is -0.700. The zero-order valence-electron chi connectivity index (χ0n) is 11.1. The van der Waals surface area contributed by atoms with Crippen molar-refractivity contribution in [2.75, 3.05) is 26.4 Å². The van der Waals surface area contributed by atoms with Crippen molar-refractivity contribution in [3.8, 4) is 0 Å². The minimum atomic E-state index is -3.51. The van der Waals surface area contributed by atoms with Gasteiger partial charge in [-0.1, -0.05) is 11.3 Å². The number of aryl methyl sites for hydroxylation is 1. The Labute approximate surface area is 112 Å². The first-order chi connectivity index (χ1) is 8.22. The summed E-state index contributed by atoms with van der Waals surface area (Å²) in [7, 11) is 0.398. The quantitative estimate of drug-likeness (QED) is 0.804. The molecule has 18 heavy (non-hydrogen) atoms. The Morgan fingerprint density at radius 2 is 2.11 bits per heavy atom. The monoisotopic (exact) mass is 292 g/mol. The third-order valence-corrected chi connectivity index (χ3v) is 5.57. The Bertz CT molecular complexity index is 496. The van der Waals surface area contributed by atoms with Crippen molar-refractivity contribution in [1.29, 1.82) is 0 Å². The van der Waals surface area contributed by atoms with Crippen LogP contribution in [-0.2, 0) is 10.0 Å².